The number of aromatic nitrogens is 4. The molecule has 0 spiro atoms. The van der Waals surface area contributed by atoms with Crippen LogP contribution in [0, 0.1) is 6.92 Å². The Kier molecular flexibility index (Phi) is 37.0. The van der Waals surface area contributed by atoms with E-state index in [1.54, 1.807) is 153 Å². The number of sulfone groups is 1. The lowest BCUT2D eigenvalue weighted by atomic mass is 10.0. The zero-order valence-electron chi connectivity index (χ0n) is 72.3. The van der Waals surface area contributed by atoms with E-state index in [-0.39, 0.29) is 41.7 Å². The van der Waals surface area contributed by atoms with Gasteiger partial charge in [0.05, 0.1) is 83.5 Å². The number of carbonyl (C=O) groups is 4. The number of rotatable bonds is 30. The molecule has 3 amide bonds. The largest absolute Gasteiger partial charge is 0.468 e. The summed E-state index contributed by atoms with van der Waals surface area (Å²) in [5, 5.41) is 15.5. The van der Waals surface area contributed by atoms with Crippen LogP contribution in [0.25, 0.3) is 28.4 Å². The molecule has 4 N–H and O–H groups in total. The van der Waals surface area contributed by atoms with E-state index < -0.39 is 9.84 Å². The van der Waals surface area contributed by atoms with Gasteiger partial charge >= 0.3 is 0 Å². The molecule has 2 saturated heterocycles. The van der Waals surface area contributed by atoms with Gasteiger partial charge in [-0.05, 0) is 182 Å². The Bertz CT molecular complexity index is 6150. The number of furan rings is 1. The summed E-state index contributed by atoms with van der Waals surface area (Å²) >= 11 is 13.4. The Hall–Kier alpha value is -13.5. The third-order valence-corrected chi connectivity index (χ3v) is 23.8. The number of anilines is 2. The Labute approximate surface area is 772 Å². The number of carbonyl (C=O) groups excluding carboxylic acids is 4. The van der Waals surface area contributed by atoms with Crippen molar-refractivity contribution in [2.45, 2.75) is 60.4 Å². The Balaban J connectivity index is 0.000000148. The normalized spacial score (nSPS) is 12.9. The van der Waals surface area contributed by atoms with Crippen LogP contribution < -0.4 is 30.8 Å². The van der Waals surface area contributed by atoms with Crippen molar-refractivity contribution in [1.82, 2.24) is 40.4 Å². The minimum Gasteiger partial charge on any atom is -0.468 e. The fraction of sp³-hybridized carbons (Fsp3) is 0.183. The van der Waals surface area contributed by atoms with E-state index in [1.165, 1.54) is 5.56 Å². The van der Waals surface area contributed by atoms with Gasteiger partial charge in [-0.15, -0.1) is 6.58 Å². The molecule has 1 unspecified atom stereocenters. The SMILES string of the molecule is C=CCc1c(C)nc(-c2ccccc2)nc1N/N=C/c1ccccc1.CCc1ccc(Sc2cc(C(=O)NCCN3CCOCC3)c3ccccc3n2)cc1.CNC(=O)/C(=C\c1cccc(Oc2ccccc2)c1)CC(=O)c1ccccc1.O=C(Nc1ccc(Oc2cccnc2)cc1)c1ccccc1Cl.O=S(=O)(CCC(c1ccco1)N1CCOCC1)c1ccc(Cl)cc1. The van der Waals surface area contributed by atoms with Crippen LogP contribution in [0.4, 0.5) is 11.5 Å². The van der Waals surface area contributed by atoms with Crippen molar-refractivity contribution in [2.75, 3.05) is 89.2 Å². The number of pyridine rings is 2. The summed E-state index contributed by atoms with van der Waals surface area (Å²) in [4.78, 5) is 74.0. The van der Waals surface area contributed by atoms with Crippen LogP contribution >= 0.6 is 35.0 Å². The molecule has 0 bridgehead atoms. The average molecular weight is 1820 g/mol. The summed E-state index contributed by atoms with van der Waals surface area (Å²) in [5.41, 5.74) is 12.7. The van der Waals surface area contributed by atoms with Crippen LogP contribution in [0.1, 0.15) is 90.6 Å². The quantitative estimate of drug-likeness (QED) is 0.0107. The van der Waals surface area contributed by atoms with Gasteiger partial charge < -0.3 is 39.3 Å². The van der Waals surface area contributed by atoms with Crippen LogP contribution in [-0.2, 0) is 36.9 Å². The lowest BCUT2D eigenvalue weighted by molar-refractivity contribution is -0.117. The third-order valence-electron chi connectivity index (χ3n) is 20.5. The van der Waals surface area contributed by atoms with Crippen molar-refractivity contribution in [3.63, 3.8) is 0 Å². The molecule has 2 aliphatic rings. The van der Waals surface area contributed by atoms with E-state index in [0.717, 1.165) is 113 Å². The Morgan fingerprint density at radius 3 is 1.95 bits per heavy atom. The topological polar surface area (TPSA) is 271 Å². The molecule has 1 atom stereocenters. The first-order chi connectivity index (χ1) is 63.4. The summed E-state index contributed by atoms with van der Waals surface area (Å²) in [6.07, 6.45) is 12.5. The predicted octanol–water partition coefficient (Wildman–Crippen LogP) is 21.5. The number of fused-ring (bicyclic) bond motifs is 1. The first-order valence-electron chi connectivity index (χ1n) is 42.5. The zero-order chi connectivity index (χ0) is 91.1. The number of hydrogen-bond acceptors (Lipinski definition) is 20. The lowest BCUT2D eigenvalue weighted by Gasteiger charge is -2.33. The van der Waals surface area contributed by atoms with Crippen LogP contribution in [0.2, 0.25) is 10.0 Å². The van der Waals surface area contributed by atoms with Gasteiger partial charge in [-0.25, -0.2) is 23.4 Å². The van der Waals surface area contributed by atoms with Gasteiger partial charge in [0.25, 0.3) is 11.8 Å². The maximum atomic E-state index is 13.0. The highest BCUT2D eigenvalue weighted by atomic mass is 35.5. The molecule has 16 rings (SSSR count). The van der Waals surface area contributed by atoms with Gasteiger partial charge in [-0.3, -0.25) is 39.4 Å². The number of halogens is 2. The highest BCUT2D eigenvalue weighted by molar-refractivity contribution is 7.99. The van der Waals surface area contributed by atoms with Crippen molar-refractivity contribution in [3.05, 3.63) is 395 Å². The van der Waals surface area contributed by atoms with Crippen molar-refractivity contribution in [3.8, 4) is 34.4 Å². The molecule has 0 aliphatic carbocycles. The Morgan fingerprint density at radius 2 is 1.27 bits per heavy atom. The first kappa shape index (κ1) is 95.6. The zero-order valence-corrected chi connectivity index (χ0v) is 75.5. The van der Waals surface area contributed by atoms with Crippen LogP contribution in [0.3, 0.4) is 0 Å². The number of morpholine rings is 2. The van der Waals surface area contributed by atoms with E-state index in [9.17, 15) is 27.6 Å². The molecule has 26 heteroatoms. The number of ketones is 1. The van der Waals surface area contributed by atoms with Gasteiger partial charge in [0.1, 0.15) is 33.8 Å². The van der Waals surface area contributed by atoms with Crippen molar-refractivity contribution in [1.29, 1.82) is 0 Å². The van der Waals surface area contributed by atoms with Gasteiger partial charge in [-0.1, -0.05) is 212 Å². The minimum atomic E-state index is -3.36. The molecular weight excluding hydrogens is 1710 g/mol. The summed E-state index contributed by atoms with van der Waals surface area (Å²) < 4.78 is 53.0. The first-order valence-corrected chi connectivity index (χ1v) is 45.7. The summed E-state index contributed by atoms with van der Waals surface area (Å²) in [5.74, 6) is 4.25. The number of nitrogens with zero attached hydrogens (tertiary/aromatic N) is 7. The van der Waals surface area contributed by atoms with Gasteiger partial charge in [0, 0.05) is 108 Å². The lowest BCUT2D eigenvalue weighted by Crippen LogP contribution is -2.41. The standard InChI is InChI=1S/C24H27N3O2S.C24H21NO3.C21H20N4.C18H13ClN2O2.C17H20ClNO4S/c1-2-18-7-9-19(10-8-18)30-23-17-21(20-5-3-4-6-22(20)26-23)24(28)25-11-12-27-13-15-29-16-14-27;1-25-24(27)20(17-23(26)19-10-4-2-5-11-19)15-18-9-8-14-22(16-18)28-21-12-6-3-7-13-21;1-3-10-19-16(2)23-20(18-13-8-5-9-14-18)24-21(19)25-22-15-17-11-6-4-7-12-17;19-17-6-2-1-5-16(17)18(22)21-13-7-9-14(10-8-13)23-15-4-3-11-20-12-15;18-14-3-5-15(6-4-14)24(20,21)13-7-16(17-2-1-10-23-17)19-8-11-22-12-9-19/h3-10,17H,2,11-16H2,1H3,(H,25,28);2-16H,17H2,1H3,(H,25,27);3-9,11-15H,1,10H2,2H3,(H,23,24,25);1-12H,(H,21,22);1-6,10,16H,7-9,11-13H2/b;20-15-;22-15+;;. The second-order valence-corrected chi connectivity index (χ2v) is 33.7. The fourth-order valence-corrected chi connectivity index (χ4v) is 16.2. The summed E-state index contributed by atoms with van der Waals surface area (Å²) in [7, 11) is -1.81. The maximum Gasteiger partial charge on any atom is 0.257 e. The van der Waals surface area contributed by atoms with E-state index >= 15 is 0 Å². The number of hydrogen-bond donors (Lipinski definition) is 4. The highest BCUT2D eigenvalue weighted by Crippen LogP contribution is 2.34. The number of aryl methyl sites for hydroxylation is 2. The van der Waals surface area contributed by atoms with E-state index in [4.69, 9.17) is 51.6 Å². The number of Topliss-reactive ketones (excluding diaryl/α,β-unsaturated/α-hetero) is 1. The Morgan fingerprint density at radius 1 is 0.631 bits per heavy atom. The molecule has 0 saturated carbocycles. The molecule has 2 fully saturated rings. The molecule has 6 heterocycles. The number of benzene rings is 10. The maximum absolute atomic E-state index is 13.0. The van der Waals surface area contributed by atoms with Crippen LogP contribution in [-0.4, -0.2) is 146 Å². The molecule has 0 radical (unpaired) electrons. The van der Waals surface area contributed by atoms with Crippen molar-refractivity contribution >= 4 is 103 Å². The number of ether oxygens (including phenoxy) is 4. The molecule has 130 heavy (non-hydrogen) atoms. The molecule has 10 aromatic carbocycles. The number of nitrogens with one attached hydrogen (secondary N) is 4. The van der Waals surface area contributed by atoms with Gasteiger partial charge in [-0.2, -0.15) is 5.10 Å². The third kappa shape index (κ3) is 29.8. The van der Waals surface area contributed by atoms with Crippen LogP contribution in [0.15, 0.2) is 358 Å². The highest BCUT2D eigenvalue weighted by Gasteiger charge is 2.28. The second-order valence-electron chi connectivity index (χ2n) is 29.6. The van der Waals surface area contributed by atoms with Crippen molar-refractivity contribution in [2.24, 2.45) is 5.10 Å². The number of allylic oxidation sites excluding steroid dienone is 1. The number of amides is 3. The summed E-state index contributed by atoms with van der Waals surface area (Å²) in [6, 6.07) is 91.5. The average Bonchev–Trinajstić information content (AvgIpc) is 0.853. The molecule has 22 nitrogen and oxygen atoms in total. The molecule has 2 aliphatic heterocycles. The summed E-state index contributed by atoms with van der Waals surface area (Å²) in [6.45, 7) is 15.6. The predicted molar refractivity (Wildman–Crippen MR) is 518 cm³/mol. The minimum absolute atomic E-state index is 0.0213. The monoisotopic (exact) mass is 1810 g/mol. The molecule has 4 aromatic heterocycles. The van der Waals surface area contributed by atoms with Crippen LogP contribution in [0.5, 0.6) is 23.0 Å². The van der Waals surface area contributed by atoms with Crippen molar-refractivity contribution < 1.29 is 51.0 Å². The second kappa shape index (κ2) is 50.3. The smallest absolute Gasteiger partial charge is 0.257 e. The van der Waals surface area contributed by atoms with Gasteiger partial charge in [0.2, 0.25) is 5.91 Å². The van der Waals surface area contributed by atoms with E-state index in [1.807, 2.05) is 183 Å². The molecule has 14 aromatic rings. The number of likely N-dealkylation sites (N-methyl/N-ethyl adjacent to an activating group) is 1. The molecule has 664 valence electrons. The van der Waals surface area contributed by atoms with E-state index in [0.29, 0.717) is 104 Å². The number of hydrazone groups is 1. The van der Waals surface area contributed by atoms with Gasteiger partial charge in [0.15, 0.2) is 27.3 Å². The fourth-order valence-electron chi connectivity index (χ4n) is 13.7. The number of para-hydroxylation sites is 2. The van der Waals surface area contributed by atoms with E-state index in [2.05, 4.69) is 89.0 Å². The molecular formula is C104H101Cl2N11O11S2.